The molecular formula is C13H10F2N2O. The van der Waals surface area contributed by atoms with Crippen molar-refractivity contribution in [3.8, 4) is 0 Å². The summed E-state index contributed by atoms with van der Waals surface area (Å²) in [6, 6.07) is 9.22. The molecule has 0 heterocycles. The highest BCUT2D eigenvalue weighted by Gasteiger charge is 2.10. The van der Waals surface area contributed by atoms with Gasteiger partial charge in [-0.05, 0) is 24.3 Å². The molecule has 0 bridgehead atoms. The maximum Gasteiger partial charge on any atom is 0.257 e. The summed E-state index contributed by atoms with van der Waals surface area (Å²) in [7, 11) is 0. The molecule has 92 valence electrons. The number of benzene rings is 2. The monoisotopic (exact) mass is 248 g/mol. The van der Waals surface area contributed by atoms with Crippen LogP contribution in [0, 0.1) is 11.6 Å². The van der Waals surface area contributed by atoms with Crippen LogP contribution in [0.2, 0.25) is 0 Å². The van der Waals surface area contributed by atoms with Crippen LogP contribution in [-0.4, -0.2) is 5.91 Å². The number of para-hydroxylation sites is 1. The smallest absolute Gasteiger partial charge is 0.257 e. The zero-order chi connectivity index (χ0) is 13.1. The van der Waals surface area contributed by atoms with E-state index in [-0.39, 0.29) is 11.3 Å². The minimum atomic E-state index is -0.758. The van der Waals surface area contributed by atoms with Crippen molar-refractivity contribution in [3.63, 3.8) is 0 Å². The Morgan fingerprint density at radius 1 is 1.06 bits per heavy atom. The Kier molecular flexibility index (Phi) is 3.23. The predicted molar refractivity (Wildman–Crippen MR) is 65.2 cm³/mol. The van der Waals surface area contributed by atoms with Crippen molar-refractivity contribution in [2.45, 2.75) is 0 Å². The Bertz CT molecular complexity index is 579. The lowest BCUT2D eigenvalue weighted by Crippen LogP contribution is -2.14. The number of anilines is 2. The summed E-state index contributed by atoms with van der Waals surface area (Å²) in [4.78, 5) is 11.8. The molecule has 0 unspecified atom stereocenters. The zero-order valence-corrected chi connectivity index (χ0v) is 9.28. The first-order valence-electron chi connectivity index (χ1n) is 5.18. The second-order valence-corrected chi connectivity index (χ2v) is 3.70. The molecule has 0 aliphatic carbocycles. The lowest BCUT2D eigenvalue weighted by molar-refractivity contribution is 0.102. The van der Waals surface area contributed by atoms with E-state index in [9.17, 15) is 13.6 Å². The van der Waals surface area contributed by atoms with Crippen molar-refractivity contribution < 1.29 is 13.6 Å². The maximum atomic E-state index is 12.9. The van der Waals surface area contributed by atoms with E-state index in [0.717, 1.165) is 18.2 Å². The molecule has 0 saturated heterocycles. The molecule has 0 saturated carbocycles. The lowest BCUT2D eigenvalue weighted by Gasteiger charge is -2.07. The number of nitrogen functional groups attached to an aromatic ring is 1. The van der Waals surface area contributed by atoms with Gasteiger partial charge >= 0.3 is 0 Å². The first-order chi connectivity index (χ1) is 8.56. The lowest BCUT2D eigenvalue weighted by atomic mass is 10.1. The molecule has 0 radical (unpaired) electrons. The summed E-state index contributed by atoms with van der Waals surface area (Å²) >= 11 is 0. The quantitative estimate of drug-likeness (QED) is 0.803. The average molecular weight is 248 g/mol. The van der Waals surface area contributed by atoms with Crippen LogP contribution in [0.15, 0.2) is 42.5 Å². The maximum absolute atomic E-state index is 12.9. The Balaban J connectivity index is 2.24. The van der Waals surface area contributed by atoms with Crippen LogP contribution in [0.5, 0.6) is 0 Å². The number of rotatable bonds is 2. The van der Waals surface area contributed by atoms with Crippen LogP contribution in [-0.2, 0) is 0 Å². The zero-order valence-electron chi connectivity index (χ0n) is 9.28. The molecule has 1 amide bonds. The van der Waals surface area contributed by atoms with Gasteiger partial charge in [-0.2, -0.15) is 0 Å². The van der Waals surface area contributed by atoms with Crippen molar-refractivity contribution >= 4 is 17.3 Å². The number of nitrogens with one attached hydrogen (secondary N) is 1. The molecular weight excluding hydrogens is 238 g/mol. The third-order valence-electron chi connectivity index (χ3n) is 2.33. The highest BCUT2D eigenvalue weighted by Crippen LogP contribution is 2.16. The fourth-order valence-electron chi connectivity index (χ4n) is 1.53. The number of carbonyl (C=O) groups is 1. The summed E-state index contributed by atoms with van der Waals surface area (Å²) in [6.07, 6.45) is 0. The van der Waals surface area contributed by atoms with Crippen molar-refractivity contribution in [1.82, 2.24) is 0 Å². The number of nitrogens with two attached hydrogens (primary N) is 1. The minimum absolute atomic E-state index is 0.0424. The molecule has 18 heavy (non-hydrogen) atoms. The van der Waals surface area contributed by atoms with Gasteiger partial charge in [0.25, 0.3) is 5.91 Å². The van der Waals surface area contributed by atoms with Gasteiger partial charge in [0.05, 0.1) is 5.56 Å². The Labute approximate surface area is 102 Å². The van der Waals surface area contributed by atoms with Crippen LogP contribution in [0.4, 0.5) is 20.2 Å². The van der Waals surface area contributed by atoms with Gasteiger partial charge in [-0.1, -0.05) is 12.1 Å². The van der Waals surface area contributed by atoms with E-state index in [2.05, 4.69) is 5.32 Å². The van der Waals surface area contributed by atoms with Crippen molar-refractivity contribution in [2.24, 2.45) is 0 Å². The highest BCUT2D eigenvalue weighted by atomic mass is 19.1. The van der Waals surface area contributed by atoms with Crippen molar-refractivity contribution in [2.75, 3.05) is 11.1 Å². The molecule has 5 heteroatoms. The third-order valence-corrected chi connectivity index (χ3v) is 2.33. The predicted octanol–water partition coefficient (Wildman–Crippen LogP) is 2.80. The fraction of sp³-hybridized carbons (Fsp3) is 0. The van der Waals surface area contributed by atoms with E-state index in [1.165, 1.54) is 6.07 Å². The number of carbonyl (C=O) groups excluding carboxylic acids is 1. The van der Waals surface area contributed by atoms with Gasteiger partial charge in [-0.15, -0.1) is 0 Å². The number of amides is 1. The molecule has 0 aliphatic rings. The summed E-state index contributed by atoms with van der Waals surface area (Å²) in [6.45, 7) is 0. The van der Waals surface area contributed by atoms with E-state index in [4.69, 9.17) is 5.73 Å². The van der Waals surface area contributed by atoms with E-state index in [0.29, 0.717) is 5.69 Å². The molecule has 0 atom stereocenters. The van der Waals surface area contributed by atoms with Crippen LogP contribution < -0.4 is 11.1 Å². The van der Waals surface area contributed by atoms with Gasteiger partial charge in [0.15, 0.2) is 0 Å². The Hall–Kier alpha value is -2.43. The minimum Gasteiger partial charge on any atom is -0.398 e. The number of hydrogen-bond acceptors (Lipinski definition) is 2. The second kappa shape index (κ2) is 4.83. The van der Waals surface area contributed by atoms with Gasteiger partial charge in [0.2, 0.25) is 0 Å². The number of halogens is 2. The largest absolute Gasteiger partial charge is 0.398 e. The summed E-state index contributed by atoms with van der Waals surface area (Å²) in [5.74, 6) is -2.03. The summed E-state index contributed by atoms with van der Waals surface area (Å²) in [5, 5.41) is 2.38. The standard InChI is InChI=1S/C13H10F2N2O/c14-8-5-9(15)7-10(6-8)17-13(18)11-3-1-2-4-12(11)16/h1-7H,16H2,(H,17,18). The van der Waals surface area contributed by atoms with Crippen molar-refractivity contribution in [3.05, 3.63) is 59.7 Å². The highest BCUT2D eigenvalue weighted by molar-refractivity contribution is 6.07. The van der Waals surface area contributed by atoms with E-state index < -0.39 is 17.5 Å². The molecule has 3 N–H and O–H groups in total. The Morgan fingerprint density at radius 3 is 2.28 bits per heavy atom. The van der Waals surface area contributed by atoms with Gasteiger partial charge in [-0.3, -0.25) is 4.79 Å². The van der Waals surface area contributed by atoms with E-state index in [1.54, 1.807) is 18.2 Å². The van der Waals surface area contributed by atoms with Gasteiger partial charge in [0, 0.05) is 17.4 Å². The average Bonchev–Trinajstić information content (AvgIpc) is 2.27. The summed E-state index contributed by atoms with van der Waals surface area (Å²) in [5.41, 5.74) is 6.22. The topological polar surface area (TPSA) is 55.1 Å². The molecule has 2 aromatic rings. The van der Waals surface area contributed by atoms with Crippen LogP contribution in [0.3, 0.4) is 0 Å². The second-order valence-electron chi connectivity index (χ2n) is 3.70. The molecule has 3 nitrogen and oxygen atoms in total. The molecule has 2 aromatic carbocycles. The van der Waals surface area contributed by atoms with E-state index >= 15 is 0 Å². The van der Waals surface area contributed by atoms with Crippen LogP contribution >= 0.6 is 0 Å². The van der Waals surface area contributed by atoms with Gasteiger partial charge in [-0.25, -0.2) is 8.78 Å². The van der Waals surface area contributed by atoms with E-state index in [1.807, 2.05) is 0 Å². The number of hydrogen-bond donors (Lipinski definition) is 2. The van der Waals surface area contributed by atoms with Crippen LogP contribution in [0.1, 0.15) is 10.4 Å². The third kappa shape index (κ3) is 2.63. The molecule has 0 aliphatic heterocycles. The first-order valence-corrected chi connectivity index (χ1v) is 5.18. The van der Waals surface area contributed by atoms with Gasteiger partial charge in [0.1, 0.15) is 11.6 Å². The van der Waals surface area contributed by atoms with Gasteiger partial charge < -0.3 is 11.1 Å². The Morgan fingerprint density at radius 2 is 1.67 bits per heavy atom. The molecule has 2 rings (SSSR count). The molecule has 0 spiro atoms. The van der Waals surface area contributed by atoms with Crippen molar-refractivity contribution in [1.29, 1.82) is 0 Å². The molecule has 0 aromatic heterocycles. The SMILES string of the molecule is Nc1ccccc1C(=O)Nc1cc(F)cc(F)c1. The molecule has 0 fully saturated rings. The van der Waals surface area contributed by atoms with Crippen LogP contribution in [0.25, 0.3) is 0 Å². The summed E-state index contributed by atoms with van der Waals surface area (Å²) < 4.78 is 25.9. The first kappa shape index (κ1) is 12.0. The fourth-order valence-corrected chi connectivity index (χ4v) is 1.53. The normalized spacial score (nSPS) is 10.1.